The fourth-order valence-corrected chi connectivity index (χ4v) is 3.25. The Bertz CT molecular complexity index is 783. The average molecular weight is 346 g/mol. The molecular weight excluding hydrogens is 319 g/mol. The van der Waals surface area contributed by atoms with Crippen LogP contribution in [0.1, 0.15) is 42.9 Å². The summed E-state index contributed by atoms with van der Waals surface area (Å²) in [6, 6.07) is 24.4. The molecule has 3 rings (SSSR count). The van der Waals surface area contributed by atoms with E-state index in [4.69, 9.17) is 0 Å². The van der Waals surface area contributed by atoms with Gasteiger partial charge < -0.3 is 0 Å². The van der Waals surface area contributed by atoms with E-state index in [0.717, 1.165) is 24.0 Å². The van der Waals surface area contributed by atoms with E-state index in [-0.39, 0.29) is 5.82 Å². The zero-order chi connectivity index (χ0) is 18.2. The standard InChI is InChI=1S/C25H27F/c1-2-3-4-5-20-6-8-21(9-7-20)10-11-22-12-14-23(15-13-22)24-16-18-25(26)19-17-24/h6-9,12-19H,2-5,10-11H2,1H3. The fraction of sp³-hybridized carbons (Fsp3) is 0.280. The Morgan fingerprint density at radius 1 is 0.538 bits per heavy atom. The molecule has 0 aliphatic carbocycles. The smallest absolute Gasteiger partial charge is 0.123 e. The van der Waals surface area contributed by atoms with Gasteiger partial charge >= 0.3 is 0 Å². The molecule has 0 aliphatic heterocycles. The summed E-state index contributed by atoms with van der Waals surface area (Å²) >= 11 is 0. The lowest BCUT2D eigenvalue weighted by Gasteiger charge is -2.06. The molecule has 0 bridgehead atoms. The van der Waals surface area contributed by atoms with Crippen molar-refractivity contribution in [3.63, 3.8) is 0 Å². The van der Waals surface area contributed by atoms with Gasteiger partial charge in [0, 0.05) is 0 Å². The maximum atomic E-state index is 13.0. The van der Waals surface area contributed by atoms with E-state index in [1.165, 1.54) is 54.5 Å². The van der Waals surface area contributed by atoms with E-state index in [2.05, 4.69) is 55.5 Å². The predicted octanol–water partition coefficient (Wildman–Crippen LogP) is 7.01. The van der Waals surface area contributed by atoms with Crippen LogP contribution in [0, 0.1) is 5.82 Å². The Hall–Kier alpha value is -2.41. The van der Waals surface area contributed by atoms with Crippen molar-refractivity contribution in [2.75, 3.05) is 0 Å². The van der Waals surface area contributed by atoms with Crippen molar-refractivity contribution < 1.29 is 4.39 Å². The van der Waals surface area contributed by atoms with Gasteiger partial charge in [0.2, 0.25) is 0 Å². The molecule has 134 valence electrons. The topological polar surface area (TPSA) is 0 Å². The number of benzene rings is 3. The lowest BCUT2D eigenvalue weighted by Crippen LogP contribution is -1.93. The predicted molar refractivity (Wildman–Crippen MR) is 109 cm³/mol. The van der Waals surface area contributed by atoms with E-state index >= 15 is 0 Å². The molecule has 0 N–H and O–H groups in total. The van der Waals surface area contributed by atoms with Crippen LogP contribution in [0.5, 0.6) is 0 Å². The molecular formula is C25H27F. The van der Waals surface area contributed by atoms with Crippen LogP contribution in [-0.2, 0) is 19.3 Å². The van der Waals surface area contributed by atoms with Gasteiger partial charge in [0.05, 0.1) is 0 Å². The minimum Gasteiger partial charge on any atom is -0.207 e. The quantitative estimate of drug-likeness (QED) is 0.385. The molecule has 0 amide bonds. The van der Waals surface area contributed by atoms with Crippen LogP contribution in [0.3, 0.4) is 0 Å². The summed E-state index contributed by atoms with van der Waals surface area (Å²) in [5, 5.41) is 0. The summed E-state index contributed by atoms with van der Waals surface area (Å²) in [7, 11) is 0. The first-order valence-corrected chi connectivity index (χ1v) is 9.67. The van der Waals surface area contributed by atoms with Gasteiger partial charge in [-0.15, -0.1) is 0 Å². The highest BCUT2D eigenvalue weighted by Crippen LogP contribution is 2.21. The Kier molecular flexibility index (Phi) is 6.60. The second kappa shape index (κ2) is 9.33. The van der Waals surface area contributed by atoms with Crippen LogP contribution >= 0.6 is 0 Å². The van der Waals surface area contributed by atoms with Gasteiger partial charge in [0.15, 0.2) is 0 Å². The van der Waals surface area contributed by atoms with Gasteiger partial charge in [0.25, 0.3) is 0 Å². The zero-order valence-electron chi connectivity index (χ0n) is 15.5. The number of aryl methyl sites for hydroxylation is 3. The summed E-state index contributed by atoms with van der Waals surface area (Å²) in [6.45, 7) is 2.25. The van der Waals surface area contributed by atoms with Crippen LogP contribution in [0.15, 0.2) is 72.8 Å². The van der Waals surface area contributed by atoms with Gasteiger partial charge in [-0.25, -0.2) is 4.39 Å². The van der Waals surface area contributed by atoms with E-state index in [0.29, 0.717) is 0 Å². The third-order valence-corrected chi connectivity index (χ3v) is 4.93. The first kappa shape index (κ1) is 18.4. The molecule has 0 nitrogen and oxygen atoms in total. The summed E-state index contributed by atoms with van der Waals surface area (Å²) < 4.78 is 13.0. The highest BCUT2D eigenvalue weighted by Gasteiger charge is 2.01. The Morgan fingerprint density at radius 2 is 0.962 bits per heavy atom. The highest BCUT2D eigenvalue weighted by atomic mass is 19.1. The lowest BCUT2D eigenvalue weighted by atomic mass is 9.99. The normalized spacial score (nSPS) is 10.8. The number of halogens is 1. The first-order chi connectivity index (χ1) is 12.7. The summed E-state index contributed by atoms with van der Waals surface area (Å²) in [5.41, 5.74) is 6.36. The lowest BCUT2D eigenvalue weighted by molar-refractivity contribution is 0.628. The van der Waals surface area contributed by atoms with Crippen molar-refractivity contribution in [3.05, 3.63) is 95.3 Å². The maximum Gasteiger partial charge on any atom is 0.123 e. The Balaban J connectivity index is 1.54. The molecule has 0 aromatic heterocycles. The number of hydrogen-bond acceptors (Lipinski definition) is 0. The molecule has 1 heteroatoms. The summed E-state index contributed by atoms with van der Waals surface area (Å²) in [6.07, 6.45) is 7.17. The number of rotatable bonds is 8. The van der Waals surface area contributed by atoms with Gasteiger partial charge in [-0.2, -0.15) is 0 Å². The van der Waals surface area contributed by atoms with Crippen LogP contribution in [0.2, 0.25) is 0 Å². The molecule has 26 heavy (non-hydrogen) atoms. The first-order valence-electron chi connectivity index (χ1n) is 9.67. The summed E-state index contributed by atoms with van der Waals surface area (Å²) in [5.74, 6) is -0.193. The molecule has 0 saturated heterocycles. The van der Waals surface area contributed by atoms with Crippen molar-refractivity contribution >= 4 is 0 Å². The van der Waals surface area contributed by atoms with Crippen LogP contribution in [0.4, 0.5) is 4.39 Å². The molecule has 0 atom stereocenters. The van der Waals surface area contributed by atoms with Crippen molar-refractivity contribution in [2.45, 2.75) is 45.4 Å². The van der Waals surface area contributed by atoms with Crippen molar-refractivity contribution in [1.82, 2.24) is 0 Å². The SMILES string of the molecule is CCCCCc1ccc(CCc2ccc(-c3ccc(F)cc3)cc2)cc1. The molecule has 0 spiro atoms. The molecule has 3 aromatic rings. The second-order valence-electron chi connectivity index (χ2n) is 6.98. The van der Waals surface area contributed by atoms with Crippen LogP contribution in [0.25, 0.3) is 11.1 Å². The van der Waals surface area contributed by atoms with Crippen LogP contribution < -0.4 is 0 Å². The minimum atomic E-state index is -0.193. The highest BCUT2D eigenvalue weighted by molar-refractivity contribution is 5.63. The third-order valence-electron chi connectivity index (χ3n) is 4.93. The maximum absolute atomic E-state index is 13.0. The summed E-state index contributed by atoms with van der Waals surface area (Å²) in [4.78, 5) is 0. The molecule has 0 fully saturated rings. The third kappa shape index (κ3) is 5.29. The van der Waals surface area contributed by atoms with Crippen molar-refractivity contribution in [3.8, 4) is 11.1 Å². The molecule has 0 radical (unpaired) electrons. The number of unbranched alkanes of at least 4 members (excludes halogenated alkanes) is 2. The minimum absolute atomic E-state index is 0.193. The largest absolute Gasteiger partial charge is 0.207 e. The van der Waals surface area contributed by atoms with Crippen molar-refractivity contribution in [2.24, 2.45) is 0 Å². The average Bonchev–Trinajstić information content (AvgIpc) is 2.69. The fourth-order valence-electron chi connectivity index (χ4n) is 3.25. The van der Waals surface area contributed by atoms with Gasteiger partial charge in [-0.3, -0.25) is 0 Å². The van der Waals surface area contributed by atoms with Gasteiger partial charge in [0.1, 0.15) is 5.82 Å². The van der Waals surface area contributed by atoms with Crippen molar-refractivity contribution in [1.29, 1.82) is 0 Å². The Labute approximate surface area is 156 Å². The molecule has 0 heterocycles. The van der Waals surface area contributed by atoms with Gasteiger partial charge in [-0.1, -0.05) is 80.4 Å². The molecule has 0 unspecified atom stereocenters. The van der Waals surface area contributed by atoms with E-state index in [1.54, 1.807) is 0 Å². The van der Waals surface area contributed by atoms with Gasteiger partial charge in [-0.05, 0) is 65.6 Å². The van der Waals surface area contributed by atoms with Crippen LogP contribution in [-0.4, -0.2) is 0 Å². The Morgan fingerprint density at radius 3 is 1.46 bits per heavy atom. The number of hydrogen-bond donors (Lipinski definition) is 0. The zero-order valence-corrected chi connectivity index (χ0v) is 15.5. The molecule has 0 aliphatic rings. The molecule has 3 aromatic carbocycles. The van der Waals surface area contributed by atoms with E-state index in [1.807, 2.05) is 12.1 Å². The van der Waals surface area contributed by atoms with E-state index < -0.39 is 0 Å². The second-order valence-corrected chi connectivity index (χ2v) is 6.98. The molecule has 0 saturated carbocycles. The van der Waals surface area contributed by atoms with E-state index in [9.17, 15) is 4.39 Å². The monoisotopic (exact) mass is 346 g/mol.